The van der Waals surface area contributed by atoms with E-state index in [0.717, 1.165) is 50.1 Å². The van der Waals surface area contributed by atoms with E-state index in [1.807, 2.05) is 6.07 Å². The molecule has 0 spiro atoms. The number of hydrogen-bond donors (Lipinski definition) is 0. The number of furan rings is 1. The summed E-state index contributed by atoms with van der Waals surface area (Å²) in [6.07, 6.45) is 0. The highest BCUT2D eigenvalue weighted by atomic mass is 16.3. The molecule has 0 bridgehead atoms. The Balaban J connectivity index is 1.33. The van der Waals surface area contributed by atoms with Gasteiger partial charge < -0.3 is 9.32 Å². The highest BCUT2D eigenvalue weighted by Gasteiger charge is 2.19. The Kier molecular flexibility index (Phi) is 6.84. The molecule has 0 aliphatic carbocycles. The Bertz CT molecular complexity index is 2480. The van der Waals surface area contributed by atoms with E-state index in [-0.39, 0.29) is 0 Å². The minimum Gasteiger partial charge on any atom is -0.456 e. The van der Waals surface area contributed by atoms with E-state index < -0.39 is 0 Å². The molecular formula is C46H31NO. The average molecular weight is 614 g/mol. The van der Waals surface area contributed by atoms with E-state index in [1.54, 1.807) is 0 Å². The average Bonchev–Trinajstić information content (AvgIpc) is 3.55. The maximum Gasteiger partial charge on any atom is 0.136 e. The van der Waals surface area contributed by atoms with E-state index in [4.69, 9.17) is 4.42 Å². The normalized spacial score (nSPS) is 11.3. The Labute approximate surface area is 279 Å². The van der Waals surface area contributed by atoms with Crippen LogP contribution in [0, 0.1) is 0 Å². The molecule has 0 saturated carbocycles. The van der Waals surface area contributed by atoms with Gasteiger partial charge in [-0.15, -0.1) is 0 Å². The number of para-hydroxylation sites is 2. The van der Waals surface area contributed by atoms with Crippen molar-refractivity contribution in [3.63, 3.8) is 0 Å². The SMILES string of the molecule is c1ccc(-c2cc(-c3ccccc3)cc(N(c3ccccc3)c3ccc4c(c3)c(-c3ccccc3)cc3oc5ccccc5c34)c2)cc1. The van der Waals surface area contributed by atoms with Gasteiger partial charge in [-0.3, -0.25) is 0 Å². The summed E-state index contributed by atoms with van der Waals surface area (Å²) in [4.78, 5) is 2.38. The molecule has 48 heavy (non-hydrogen) atoms. The lowest BCUT2D eigenvalue weighted by Crippen LogP contribution is -2.10. The predicted octanol–water partition coefficient (Wildman–Crippen LogP) is 13.2. The molecule has 0 N–H and O–H groups in total. The van der Waals surface area contributed by atoms with Crippen LogP contribution in [0.5, 0.6) is 0 Å². The number of hydrogen-bond acceptors (Lipinski definition) is 2. The molecule has 226 valence electrons. The van der Waals surface area contributed by atoms with Gasteiger partial charge in [0.05, 0.1) is 0 Å². The second-order valence-electron chi connectivity index (χ2n) is 12.2. The summed E-state index contributed by atoms with van der Waals surface area (Å²) in [5.74, 6) is 0. The highest BCUT2D eigenvalue weighted by molar-refractivity contribution is 6.22. The molecule has 0 amide bonds. The Hall–Kier alpha value is -6.38. The third kappa shape index (κ3) is 4.92. The summed E-state index contributed by atoms with van der Waals surface area (Å²) >= 11 is 0. The topological polar surface area (TPSA) is 16.4 Å². The van der Waals surface area contributed by atoms with Crippen molar-refractivity contribution in [2.24, 2.45) is 0 Å². The van der Waals surface area contributed by atoms with E-state index >= 15 is 0 Å². The van der Waals surface area contributed by atoms with E-state index in [9.17, 15) is 0 Å². The molecule has 9 aromatic rings. The number of fused-ring (bicyclic) bond motifs is 5. The van der Waals surface area contributed by atoms with Gasteiger partial charge in [-0.2, -0.15) is 0 Å². The first-order valence-corrected chi connectivity index (χ1v) is 16.3. The van der Waals surface area contributed by atoms with Gasteiger partial charge in [-0.1, -0.05) is 133 Å². The molecule has 0 aliphatic heterocycles. The van der Waals surface area contributed by atoms with Crippen LogP contribution in [0.1, 0.15) is 0 Å². The molecule has 0 saturated heterocycles. The van der Waals surface area contributed by atoms with E-state index in [2.05, 4.69) is 187 Å². The van der Waals surface area contributed by atoms with Crippen LogP contribution in [0.2, 0.25) is 0 Å². The largest absolute Gasteiger partial charge is 0.456 e. The molecule has 1 aromatic heterocycles. The summed E-state index contributed by atoms with van der Waals surface area (Å²) in [6, 6.07) is 66.9. The van der Waals surface area contributed by atoms with Gasteiger partial charge >= 0.3 is 0 Å². The maximum atomic E-state index is 6.44. The summed E-state index contributed by atoms with van der Waals surface area (Å²) in [7, 11) is 0. The molecule has 1 heterocycles. The number of benzene rings is 8. The van der Waals surface area contributed by atoms with Crippen LogP contribution in [-0.2, 0) is 0 Å². The molecule has 8 aromatic carbocycles. The van der Waals surface area contributed by atoms with E-state index in [1.165, 1.54) is 33.0 Å². The molecule has 0 radical (unpaired) electrons. The lowest BCUT2D eigenvalue weighted by molar-refractivity contribution is 0.669. The fourth-order valence-corrected chi connectivity index (χ4v) is 6.98. The zero-order valence-electron chi connectivity index (χ0n) is 26.3. The van der Waals surface area contributed by atoms with Crippen LogP contribution in [0.25, 0.3) is 66.1 Å². The predicted molar refractivity (Wildman–Crippen MR) is 202 cm³/mol. The fourth-order valence-electron chi connectivity index (χ4n) is 6.98. The molecule has 0 aliphatic rings. The maximum absolute atomic E-state index is 6.44. The summed E-state index contributed by atoms with van der Waals surface area (Å²) in [5, 5.41) is 4.64. The van der Waals surface area contributed by atoms with Gasteiger partial charge in [0.25, 0.3) is 0 Å². The second kappa shape index (κ2) is 11.8. The minimum atomic E-state index is 0.901. The second-order valence-corrected chi connectivity index (χ2v) is 12.2. The van der Waals surface area contributed by atoms with Crippen molar-refractivity contribution in [1.29, 1.82) is 0 Å². The zero-order chi connectivity index (χ0) is 31.9. The van der Waals surface area contributed by atoms with Crippen molar-refractivity contribution in [1.82, 2.24) is 0 Å². The molecule has 0 unspecified atom stereocenters. The van der Waals surface area contributed by atoms with Crippen LogP contribution in [0.15, 0.2) is 192 Å². The van der Waals surface area contributed by atoms with Gasteiger partial charge in [0.15, 0.2) is 0 Å². The fraction of sp³-hybridized carbons (Fsp3) is 0. The summed E-state index contributed by atoms with van der Waals surface area (Å²) in [5.41, 5.74) is 12.1. The third-order valence-electron chi connectivity index (χ3n) is 9.21. The number of nitrogens with zero attached hydrogens (tertiary/aromatic N) is 1. The molecular weight excluding hydrogens is 583 g/mol. The van der Waals surface area contributed by atoms with Crippen molar-refractivity contribution < 1.29 is 4.42 Å². The first-order chi connectivity index (χ1) is 23.8. The lowest BCUT2D eigenvalue weighted by Gasteiger charge is -2.27. The number of rotatable bonds is 6. The number of anilines is 3. The first-order valence-electron chi connectivity index (χ1n) is 16.3. The minimum absolute atomic E-state index is 0.901. The zero-order valence-corrected chi connectivity index (χ0v) is 26.3. The van der Waals surface area contributed by atoms with Crippen molar-refractivity contribution >= 4 is 49.8 Å². The van der Waals surface area contributed by atoms with Crippen LogP contribution in [-0.4, -0.2) is 0 Å². The Morgan fingerprint density at radius 2 is 0.875 bits per heavy atom. The van der Waals surface area contributed by atoms with Crippen LogP contribution in [0.4, 0.5) is 17.1 Å². The third-order valence-corrected chi connectivity index (χ3v) is 9.21. The van der Waals surface area contributed by atoms with E-state index in [0.29, 0.717) is 0 Å². The smallest absolute Gasteiger partial charge is 0.136 e. The standard InChI is InChI=1S/C46H31NO/c1-5-15-32(16-6-1)35-27-36(33-17-7-2-8-18-33)29-39(28-35)47(37-21-11-4-12-22-37)38-25-26-40-43(30-38)42(34-19-9-3-10-20-34)31-45-46(40)41-23-13-14-24-44(41)48-45/h1-31H. The van der Waals surface area contributed by atoms with Crippen molar-refractivity contribution in [3.8, 4) is 33.4 Å². The molecule has 2 heteroatoms. The molecule has 0 atom stereocenters. The molecule has 9 rings (SSSR count). The van der Waals surface area contributed by atoms with Gasteiger partial charge in [0.2, 0.25) is 0 Å². The monoisotopic (exact) mass is 613 g/mol. The lowest BCUT2D eigenvalue weighted by atomic mass is 9.94. The van der Waals surface area contributed by atoms with Gasteiger partial charge in [-0.05, 0) is 98.8 Å². The highest BCUT2D eigenvalue weighted by Crippen LogP contribution is 2.44. The van der Waals surface area contributed by atoms with Gasteiger partial charge in [0.1, 0.15) is 11.2 Å². The van der Waals surface area contributed by atoms with Crippen molar-refractivity contribution in [2.45, 2.75) is 0 Å². The van der Waals surface area contributed by atoms with Crippen molar-refractivity contribution in [2.75, 3.05) is 4.90 Å². The first kappa shape index (κ1) is 27.9. The van der Waals surface area contributed by atoms with Gasteiger partial charge in [0, 0.05) is 27.8 Å². The Morgan fingerprint density at radius 1 is 0.312 bits per heavy atom. The quantitative estimate of drug-likeness (QED) is 0.185. The molecule has 2 nitrogen and oxygen atoms in total. The van der Waals surface area contributed by atoms with Crippen molar-refractivity contribution in [3.05, 3.63) is 188 Å². The van der Waals surface area contributed by atoms with Crippen LogP contribution >= 0.6 is 0 Å². The Morgan fingerprint density at radius 3 is 1.52 bits per heavy atom. The summed E-state index contributed by atoms with van der Waals surface area (Å²) in [6.45, 7) is 0. The van der Waals surface area contributed by atoms with Crippen LogP contribution in [0.3, 0.4) is 0 Å². The molecule has 0 fully saturated rings. The van der Waals surface area contributed by atoms with Crippen LogP contribution < -0.4 is 4.90 Å². The summed E-state index contributed by atoms with van der Waals surface area (Å²) < 4.78 is 6.44. The van der Waals surface area contributed by atoms with Gasteiger partial charge in [-0.25, -0.2) is 0 Å².